The first-order valence-electron chi connectivity index (χ1n) is 8.50. The maximum atomic E-state index is 14.6. The van der Waals surface area contributed by atoms with Crippen molar-refractivity contribution in [2.75, 3.05) is 13.2 Å². The molecule has 0 heterocycles. The minimum atomic E-state index is -2.94. The molecule has 0 N–H and O–H groups in total. The fraction of sp³-hybridized carbons (Fsp3) is 0.667. The van der Waals surface area contributed by atoms with Gasteiger partial charge in [-0.1, -0.05) is 30.3 Å². The van der Waals surface area contributed by atoms with E-state index in [-0.39, 0.29) is 6.42 Å². The summed E-state index contributed by atoms with van der Waals surface area (Å²) in [6.07, 6.45) is -2.36. The normalized spacial score (nSPS) is 14.2. The Morgan fingerprint density at radius 3 is 1.96 bits per heavy atom. The summed E-state index contributed by atoms with van der Waals surface area (Å²) in [5, 5.41) is 0. The van der Waals surface area contributed by atoms with Crippen molar-refractivity contribution in [3.05, 3.63) is 35.9 Å². The first kappa shape index (κ1) is 21.2. The van der Waals surface area contributed by atoms with E-state index in [1.807, 2.05) is 50.0 Å². The topological polar surface area (TPSA) is 27.7 Å². The van der Waals surface area contributed by atoms with Gasteiger partial charge in [0.1, 0.15) is 0 Å². The zero-order valence-electron chi connectivity index (χ0n) is 15.4. The van der Waals surface area contributed by atoms with Gasteiger partial charge in [-0.2, -0.15) is 0 Å². The summed E-state index contributed by atoms with van der Waals surface area (Å²) in [5.74, 6) is -2.94. The summed E-state index contributed by atoms with van der Waals surface area (Å²) in [4.78, 5) is 0. The third-order valence-electron chi connectivity index (χ3n) is 3.32. The van der Waals surface area contributed by atoms with Crippen LogP contribution in [0.1, 0.15) is 38.4 Å². The highest BCUT2D eigenvalue weighted by atomic mass is 28.4. The van der Waals surface area contributed by atoms with Crippen LogP contribution in [0, 0.1) is 0 Å². The second-order valence-corrected chi connectivity index (χ2v) is 11.2. The number of halogens is 2. The predicted molar refractivity (Wildman–Crippen MR) is 94.8 cm³/mol. The lowest BCUT2D eigenvalue weighted by molar-refractivity contribution is -0.184. The van der Waals surface area contributed by atoms with E-state index in [1.165, 1.54) is 0 Å². The molecule has 1 aromatic rings. The van der Waals surface area contributed by atoms with E-state index >= 15 is 0 Å². The molecule has 1 unspecified atom stereocenters. The van der Waals surface area contributed by atoms with Crippen molar-refractivity contribution in [3.8, 4) is 0 Å². The van der Waals surface area contributed by atoms with E-state index in [9.17, 15) is 8.78 Å². The second-order valence-electron chi connectivity index (χ2n) is 6.73. The van der Waals surface area contributed by atoms with Crippen molar-refractivity contribution in [3.63, 3.8) is 0 Å². The van der Waals surface area contributed by atoms with Crippen LogP contribution in [0.4, 0.5) is 8.78 Å². The fourth-order valence-corrected chi connectivity index (χ4v) is 3.53. The van der Waals surface area contributed by atoms with Crippen molar-refractivity contribution in [1.82, 2.24) is 0 Å². The van der Waals surface area contributed by atoms with Crippen LogP contribution < -0.4 is 0 Å². The Labute approximate surface area is 145 Å². The first-order chi connectivity index (χ1) is 11.2. The maximum Gasteiger partial charge on any atom is 0.255 e. The molecule has 0 aromatic heterocycles. The monoisotopic (exact) mass is 360 g/mol. The summed E-state index contributed by atoms with van der Waals surface area (Å²) in [6.45, 7) is 10.2. The highest BCUT2D eigenvalue weighted by Gasteiger charge is 2.38. The molecule has 0 saturated heterocycles. The van der Waals surface area contributed by atoms with Gasteiger partial charge in [-0.05, 0) is 39.1 Å². The average Bonchev–Trinajstić information content (AvgIpc) is 2.46. The van der Waals surface area contributed by atoms with Crippen LogP contribution in [0.15, 0.2) is 30.3 Å². The van der Waals surface area contributed by atoms with Crippen LogP contribution in [0.25, 0.3) is 0 Å². The van der Waals surface area contributed by atoms with Crippen molar-refractivity contribution in [2.24, 2.45) is 0 Å². The SMILES string of the molecule is CCOC(CC(F)(F)CC(O[Si](C)(C)C)c1ccccc1)OCC. The van der Waals surface area contributed by atoms with Gasteiger partial charge in [0.05, 0.1) is 12.5 Å². The van der Waals surface area contributed by atoms with Gasteiger partial charge >= 0.3 is 0 Å². The molecule has 0 bridgehead atoms. The standard InChI is InChI=1S/C18H30F2O3Si/c1-6-21-17(22-7-2)14-18(19,20)13-16(23-24(3,4)5)15-11-9-8-10-12-15/h8-12,16-17H,6-7,13-14H2,1-5H3. The number of ether oxygens (including phenoxy) is 2. The third kappa shape index (κ3) is 8.33. The number of benzene rings is 1. The summed E-state index contributed by atoms with van der Waals surface area (Å²) in [6, 6.07) is 9.23. The van der Waals surface area contributed by atoms with E-state index in [0.29, 0.717) is 13.2 Å². The largest absolute Gasteiger partial charge is 0.411 e. The molecule has 0 spiro atoms. The Hall–Kier alpha value is -0.823. The molecule has 0 saturated carbocycles. The quantitative estimate of drug-likeness (QED) is 0.391. The van der Waals surface area contributed by atoms with E-state index < -0.39 is 33.1 Å². The highest BCUT2D eigenvalue weighted by molar-refractivity contribution is 6.69. The van der Waals surface area contributed by atoms with Gasteiger partial charge in [-0.25, -0.2) is 8.78 Å². The molecule has 6 heteroatoms. The molecule has 0 amide bonds. The second kappa shape index (κ2) is 9.61. The Kier molecular flexibility index (Phi) is 8.49. The predicted octanol–water partition coefficient (Wildman–Crippen LogP) is 5.39. The lowest BCUT2D eigenvalue weighted by Crippen LogP contribution is -2.34. The average molecular weight is 361 g/mol. The number of hydrogen-bond acceptors (Lipinski definition) is 3. The van der Waals surface area contributed by atoms with Gasteiger partial charge in [-0.15, -0.1) is 0 Å². The van der Waals surface area contributed by atoms with Gasteiger partial charge in [0, 0.05) is 19.6 Å². The van der Waals surface area contributed by atoms with Gasteiger partial charge < -0.3 is 13.9 Å². The zero-order valence-corrected chi connectivity index (χ0v) is 16.4. The lowest BCUT2D eigenvalue weighted by atomic mass is 10.0. The molecule has 1 atom stereocenters. The Balaban J connectivity index is 2.86. The maximum absolute atomic E-state index is 14.6. The van der Waals surface area contributed by atoms with Gasteiger partial charge in [0.25, 0.3) is 5.92 Å². The van der Waals surface area contributed by atoms with Crippen LogP contribution in [0.2, 0.25) is 19.6 Å². The van der Waals surface area contributed by atoms with E-state index in [4.69, 9.17) is 13.9 Å². The minimum Gasteiger partial charge on any atom is -0.411 e. The Morgan fingerprint density at radius 2 is 1.50 bits per heavy atom. The molecule has 0 aliphatic carbocycles. The molecule has 24 heavy (non-hydrogen) atoms. The number of rotatable bonds is 11. The first-order valence-corrected chi connectivity index (χ1v) is 11.9. The molecule has 0 radical (unpaired) electrons. The van der Waals surface area contributed by atoms with Crippen LogP contribution in [-0.2, 0) is 13.9 Å². The fourth-order valence-electron chi connectivity index (χ4n) is 2.46. The van der Waals surface area contributed by atoms with Gasteiger partial charge in [0.2, 0.25) is 0 Å². The van der Waals surface area contributed by atoms with Gasteiger partial charge in [0.15, 0.2) is 14.6 Å². The molecule has 3 nitrogen and oxygen atoms in total. The molecule has 1 aromatic carbocycles. The third-order valence-corrected chi connectivity index (χ3v) is 4.31. The Morgan fingerprint density at radius 1 is 0.958 bits per heavy atom. The zero-order chi connectivity index (χ0) is 18.2. The number of alkyl halides is 2. The smallest absolute Gasteiger partial charge is 0.255 e. The van der Waals surface area contributed by atoms with E-state index in [1.54, 1.807) is 13.8 Å². The summed E-state index contributed by atoms with van der Waals surface area (Å²) in [5.41, 5.74) is 0.781. The molecule has 0 aliphatic heterocycles. The van der Waals surface area contributed by atoms with E-state index in [0.717, 1.165) is 5.56 Å². The van der Waals surface area contributed by atoms with E-state index in [2.05, 4.69) is 0 Å². The van der Waals surface area contributed by atoms with Crippen LogP contribution in [0.3, 0.4) is 0 Å². The molecular formula is C18H30F2O3Si. The molecule has 0 aliphatic rings. The highest BCUT2D eigenvalue weighted by Crippen LogP contribution is 2.36. The van der Waals surface area contributed by atoms with Crippen molar-refractivity contribution in [2.45, 2.75) is 64.6 Å². The van der Waals surface area contributed by atoms with Crippen LogP contribution >= 0.6 is 0 Å². The minimum absolute atomic E-state index is 0.342. The van der Waals surface area contributed by atoms with Crippen LogP contribution in [0.5, 0.6) is 0 Å². The summed E-state index contributed by atoms with van der Waals surface area (Å²) >= 11 is 0. The van der Waals surface area contributed by atoms with Crippen molar-refractivity contribution >= 4 is 8.32 Å². The Bertz CT molecular complexity index is 457. The van der Waals surface area contributed by atoms with Crippen molar-refractivity contribution in [1.29, 1.82) is 0 Å². The van der Waals surface area contributed by atoms with Gasteiger partial charge in [-0.3, -0.25) is 0 Å². The molecule has 138 valence electrons. The summed E-state index contributed by atoms with van der Waals surface area (Å²) in [7, 11) is -1.97. The van der Waals surface area contributed by atoms with Crippen molar-refractivity contribution < 1.29 is 22.7 Å². The summed E-state index contributed by atoms with van der Waals surface area (Å²) < 4.78 is 45.8. The number of hydrogen-bond donors (Lipinski definition) is 0. The molecule has 1 rings (SSSR count). The molecular weight excluding hydrogens is 330 g/mol. The molecule has 0 fully saturated rings. The lowest BCUT2D eigenvalue weighted by Gasteiger charge is -2.31. The van der Waals surface area contributed by atoms with Crippen LogP contribution in [-0.4, -0.2) is 33.7 Å².